The first-order valence-electron chi connectivity index (χ1n) is 6.83. The van der Waals surface area contributed by atoms with Gasteiger partial charge >= 0.3 is 0 Å². The van der Waals surface area contributed by atoms with Crippen molar-refractivity contribution in [2.24, 2.45) is 23.2 Å². The van der Waals surface area contributed by atoms with E-state index in [2.05, 4.69) is 13.8 Å². The minimum absolute atomic E-state index is 0.152. The van der Waals surface area contributed by atoms with Crippen molar-refractivity contribution in [3.05, 3.63) is 0 Å². The number of rotatable bonds is 0. The number of fused-ring (bicyclic) bond motifs is 4. The van der Waals surface area contributed by atoms with E-state index in [1.807, 2.05) is 0 Å². The molecule has 0 aromatic rings. The minimum atomic E-state index is -0.444. The van der Waals surface area contributed by atoms with E-state index in [1.165, 1.54) is 12.8 Å². The van der Waals surface area contributed by atoms with Gasteiger partial charge in [-0.25, -0.2) is 0 Å². The second-order valence-electron chi connectivity index (χ2n) is 7.16. The summed E-state index contributed by atoms with van der Waals surface area (Å²) in [6.45, 7) is 4.67. The summed E-state index contributed by atoms with van der Waals surface area (Å²) in [5, 5.41) is 20.8. The van der Waals surface area contributed by atoms with Gasteiger partial charge in [0.15, 0.2) is 0 Å². The lowest BCUT2D eigenvalue weighted by Gasteiger charge is -2.57. The highest BCUT2D eigenvalue weighted by Gasteiger charge is 2.59. The zero-order chi connectivity index (χ0) is 11.6. The number of hydrogen-bond acceptors (Lipinski definition) is 2. The maximum Gasteiger partial charge on any atom is 0.0683 e. The lowest BCUT2D eigenvalue weighted by molar-refractivity contribution is -0.164. The summed E-state index contributed by atoms with van der Waals surface area (Å²) in [6, 6.07) is 0. The lowest BCUT2D eigenvalue weighted by atomic mass is 9.49. The smallest absolute Gasteiger partial charge is 0.0683 e. The van der Waals surface area contributed by atoms with Gasteiger partial charge in [-0.3, -0.25) is 0 Å². The van der Waals surface area contributed by atoms with Crippen LogP contribution < -0.4 is 0 Å². The van der Waals surface area contributed by atoms with Gasteiger partial charge in [0, 0.05) is 0 Å². The van der Waals surface area contributed by atoms with Gasteiger partial charge in [-0.15, -0.1) is 0 Å². The first kappa shape index (κ1) is 11.0. The molecule has 0 aliphatic heterocycles. The van der Waals surface area contributed by atoms with Crippen LogP contribution in [0, 0.1) is 23.2 Å². The molecule has 2 bridgehead atoms. The molecule has 16 heavy (non-hydrogen) atoms. The van der Waals surface area contributed by atoms with Crippen LogP contribution in [0.4, 0.5) is 0 Å². The van der Waals surface area contributed by atoms with Crippen molar-refractivity contribution in [2.75, 3.05) is 0 Å². The highest BCUT2D eigenvalue weighted by molar-refractivity contribution is 5.09. The molecule has 0 aromatic heterocycles. The van der Waals surface area contributed by atoms with Crippen LogP contribution in [0.1, 0.15) is 52.4 Å². The standard InChI is InChI=1S/C14H24O2/c1-13(2)8-11-10(13)4-3-9-7-14(11,16)6-5-12(9)15/h9-12,15-16H,3-8H2,1-2H3/t9-,10+,11-,12+,14-/m0/s1. The first-order valence-corrected chi connectivity index (χ1v) is 6.83. The quantitative estimate of drug-likeness (QED) is 0.663. The Kier molecular flexibility index (Phi) is 2.23. The Balaban J connectivity index is 1.87. The topological polar surface area (TPSA) is 40.5 Å². The van der Waals surface area contributed by atoms with Gasteiger partial charge in [0.1, 0.15) is 0 Å². The molecule has 0 spiro atoms. The van der Waals surface area contributed by atoms with Gasteiger partial charge in [-0.05, 0) is 61.7 Å². The van der Waals surface area contributed by atoms with Gasteiger partial charge in [0.05, 0.1) is 11.7 Å². The molecule has 3 fully saturated rings. The average molecular weight is 224 g/mol. The van der Waals surface area contributed by atoms with Gasteiger partial charge in [-0.2, -0.15) is 0 Å². The van der Waals surface area contributed by atoms with Crippen molar-refractivity contribution in [3.63, 3.8) is 0 Å². The zero-order valence-corrected chi connectivity index (χ0v) is 10.4. The normalized spacial score (nSPS) is 54.8. The van der Waals surface area contributed by atoms with Crippen LogP contribution in [-0.2, 0) is 0 Å². The minimum Gasteiger partial charge on any atom is -0.393 e. The van der Waals surface area contributed by atoms with Crippen LogP contribution in [-0.4, -0.2) is 21.9 Å². The Hall–Kier alpha value is -0.0800. The van der Waals surface area contributed by atoms with E-state index in [0.29, 0.717) is 23.2 Å². The summed E-state index contributed by atoms with van der Waals surface area (Å²) in [5.41, 5.74) is -0.0244. The molecule has 0 heterocycles. The molecule has 92 valence electrons. The summed E-state index contributed by atoms with van der Waals surface area (Å²) < 4.78 is 0. The molecule has 3 aliphatic rings. The van der Waals surface area contributed by atoms with Crippen molar-refractivity contribution in [3.8, 4) is 0 Å². The van der Waals surface area contributed by atoms with E-state index in [9.17, 15) is 10.2 Å². The van der Waals surface area contributed by atoms with E-state index in [-0.39, 0.29) is 6.10 Å². The van der Waals surface area contributed by atoms with E-state index < -0.39 is 5.60 Å². The molecule has 3 saturated carbocycles. The highest BCUT2D eigenvalue weighted by Crippen LogP contribution is 2.62. The number of aliphatic hydroxyl groups is 2. The van der Waals surface area contributed by atoms with E-state index >= 15 is 0 Å². The SMILES string of the molecule is CC1(C)C[C@H]2[C@H]1CC[C@H]1C[C@@]2(O)CC[C@H]1O. The van der Waals surface area contributed by atoms with Gasteiger partial charge in [0.25, 0.3) is 0 Å². The summed E-state index contributed by atoms with van der Waals surface area (Å²) in [6.07, 6.45) is 5.84. The fraction of sp³-hybridized carbons (Fsp3) is 1.00. The molecule has 0 amide bonds. The lowest BCUT2D eigenvalue weighted by Crippen LogP contribution is -2.56. The van der Waals surface area contributed by atoms with Crippen LogP contribution >= 0.6 is 0 Å². The molecule has 0 aromatic carbocycles. The fourth-order valence-electron chi connectivity index (χ4n) is 4.75. The number of hydrogen-bond donors (Lipinski definition) is 2. The Bertz CT molecular complexity index is 299. The van der Waals surface area contributed by atoms with Gasteiger partial charge in [0.2, 0.25) is 0 Å². The first-order chi connectivity index (χ1) is 7.42. The Morgan fingerprint density at radius 1 is 1.00 bits per heavy atom. The maximum absolute atomic E-state index is 10.8. The van der Waals surface area contributed by atoms with E-state index in [4.69, 9.17) is 0 Å². The largest absolute Gasteiger partial charge is 0.393 e. The van der Waals surface area contributed by atoms with Crippen molar-refractivity contribution in [2.45, 2.75) is 64.1 Å². The van der Waals surface area contributed by atoms with Crippen LogP contribution in [0.3, 0.4) is 0 Å². The van der Waals surface area contributed by atoms with Crippen LogP contribution in [0.25, 0.3) is 0 Å². The van der Waals surface area contributed by atoms with E-state index in [1.54, 1.807) is 0 Å². The second-order valence-corrected chi connectivity index (χ2v) is 7.16. The monoisotopic (exact) mass is 224 g/mol. The molecular formula is C14H24O2. The molecular weight excluding hydrogens is 200 g/mol. The highest BCUT2D eigenvalue weighted by atomic mass is 16.3. The Morgan fingerprint density at radius 3 is 2.44 bits per heavy atom. The summed E-state index contributed by atoms with van der Waals surface area (Å²) in [5.74, 6) is 1.56. The third kappa shape index (κ3) is 1.39. The van der Waals surface area contributed by atoms with Crippen LogP contribution in [0.15, 0.2) is 0 Å². The van der Waals surface area contributed by atoms with Gasteiger partial charge < -0.3 is 10.2 Å². The molecule has 0 saturated heterocycles. The fourth-order valence-corrected chi connectivity index (χ4v) is 4.75. The Morgan fingerprint density at radius 2 is 1.75 bits per heavy atom. The molecule has 5 atom stereocenters. The van der Waals surface area contributed by atoms with Gasteiger partial charge in [-0.1, -0.05) is 13.8 Å². The molecule has 0 radical (unpaired) electrons. The molecule has 2 N–H and O–H groups in total. The predicted octanol–water partition coefficient (Wildman–Crippen LogP) is 2.33. The second kappa shape index (κ2) is 3.23. The summed E-state index contributed by atoms with van der Waals surface area (Å²) in [4.78, 5) is 0. The summed E-state index contributed by atoms with van der Waals surface area (Å²) in [7, 11) is 0. The zero-order valence-electron chi connectivity index (χ0n) is 10.4. The molecule has 2 heteroatoms. The van der Waals surface area contributed by atoms with Crippen molar-refractivity contribution >= 4 is 0 Å². The Labute approximate surface area is 98.1 Å². The van der Waals surface area contributed by atoms with Crippen LogP contribution in [0.2, 0.25) is 0 Å². The van der Waals surface area contributed by atoms with Crippen molar-refractivity contribution < 1.29 is 10.2 Å². The molecule has 0 unspecified atom stereocenters. The predicted molar refractivity (Wildman–Crippen MR) is 62.9 cm³/mol. The summed E-state index contributed by atoms with van der Waals surface area (Å²) >= 11 is 0. The molecule has 3 aliphatic carbocycles. The van der Waals surface area contributed by atoms with Crippen molar-refractivity contribution in [1.82, 2.24) is 0 Å². The van der Waals surface area contributed by atoms with Crippen LogP contribution in [0.5, 0.6) is 0 Å². The third-order valence-corrected chi connectivity index (χ3v) is 5.81. The third-order valence-electron chi connectivity index (χ3n) is 5.81. The van der Waals surface area contributed by atoms with E-state index in [0.717, 1.165) is 25.7 Å². The maximum atomic E-state index is 10.8. The molecule has 3 rings (SSSR count). The average Bonchev–Trinajstić information content (AvgIpc) is 2.29. The number of aliphatic hydroxyl groups excluding tert-OH is 1. The molecule has 2 nitrogen and oxygen atoms in total. The van der Waals surface area contributed by atoms with Crippen molar-refractivity contribution in [1.29, 1.82) is 0 Å².